The lowest BCUT2D eigenvalue weighted by atomic mass is 9.84. The van der Waals surface area contributed by atoms with Crippen molar-refractivity contribution in [1.82, 2.24) is 5.32 Å². The molecule has 1 heterocycles. The second kappa shape index (κ2) is 4.40. The van der Waals surface area contributed by atoms with Crippen LogP contribution in [-0.4, -0.2) is 19.0 Å². The van der Waals surface area contributed by atoms with E-state index in [1.165, 1.54) is 30.4 Å². The van der Waals surface area contributed by atoms with E-state index in [4.69, 9.17) is 0 Å². The first-order chi connectivity index (χ1) is 8.33. The second-order valence-corrected chi connectivity index (χ2v) is 4.99. The van der Waals surface area contributed by atoms with Gasteiger partial charge in [0.15, 0.2) is 5.96 Å². The molecule has 0 radical (unpaired) electrons. The molecule has 1 aromatic rings. The zero-order chi connectivity index (χ0) is 11.7. The molecular formula is C14H19N3. The minimum atomic E-state index is 0.693. The molecule has 0 fully saturated rings. The van der Waals surface area contributed by atoms with E-state index in [9.17, 15) is 0 Å². The predicted octanol–water partition coefficient (Wildman–Crippen LogP) is 2.50. The minimum absolute atomic E-state index is 0.693. The van der Waals surface area contributed by atoms with Gasteiger partial charge in [0.2, 0.25) is 0 Å². The van der Waals surface area contributed by atoms with E-state index in [2.05, 4.69) is 40.7 Å². The molecule has 17 heavy (non-hydrogen) atoms. The smallest absolute Gasteiger partial charge is 0.195 e. The van der Waals surface area contributed by atoms with Crippen LogP contribution in [0.5, 0.6) is 0 Å². The molecule has 1 unspecified atom stereocenters. The number of guanidine groups is 1. The van der Waals surface area contributed by atoms with Gasteiger partial charge in [-0.15, -0.1) is 0 Å². The molecule has 0 saturated carbocycles. The topological polar surface area (TPSA) is 36.4 Å². The molecule has 1 atom stereocenters. The number of hydrogen-bond acceptors (Lipinski definition) is 3. The molecule has 1 aliphatic heterocycles. The first-order valence-electron chi connectivity index (χ1n) is 6.51. The largest absolute Gasteiger partial charge is 0.354 e. The van der Waals surface area contributed by atoms with Crippen molar-refractivity contribution < 1.29 is 0 Å². The number of aryl methyl sites for hydroxylation is 1. The van der Waals surface area contributed by atoms with Crippen LogP contribution in [0.4, 0.5) is 5.69 Å². The summed E-state index contributed by atoms with van der Waals surface area (Å²) in [5.41, 5.74) is 4.20. The van der Waals surface area contributed by atoms with Crippen molar-refractivity contribution in [3.8, 4) is 0 Å². The fourth-order valence-electron chi connectivity index (χ4n) is 2.73. The van der Waals surface area contributed by atoms with Gasteiger partial charge in [-0.2, -0.15) is 0 Å². The van der Waals surface area contributed by atoms with Crippen molar-refractivity contribution >= 4 is 11.6 Å². The second-order valence-electron chi connectivity index (χ2n) is 4.99. The third-order valence-electron chi connectivity index (χ3n) is 3.70. The van der Waals surface area contributed by atoms with Gasteiger partial charge in [-0.1, -0.05) is 13.0 Å². The summed E-state index contributed by atoms with van der Waals surface area (Å²) in [7, 11) is 0. The van der Waals surface area contributed by atoms with Gasteiger partial charge in [0.1, 0.15) is 0 Å². The van der Waals surface area contributed by atoms with E-state index in [0.717, 1.165) is 24.7 Å². The Balaban J connectivity index is 1.84. The van der Waals surface area contributed by atoms with Gasteiger partial charge in [-0.3, -0.25) is 4.99 Å². The number of rotatable bonds is 1. The molecule has 0 amide bonds. The zero-order valence-electron chi connectivity index (χ0n) is 10.3. The van der Waals surface area contributed by atoms with Crippen molar-refractivity contribution in [2.45, 2.75) is 32.1 Å². The number of hydrogen-bond donors (Lipinski definition) is 2. The van der Waals surface area contributed by atoms with Gasteiger partial charge in [0.05, 0.1) is 6.54 Å². The van der Waals surface area contributed by atoms with E-state index in [-0.39, 0.29) is 0 Å². The Labute approximate surface area is 102 Å². The molecule has 1 aromatic carbocycles. The maximum absolute atomic E-state index is 4.36. The summed E-state index contributed by atoms with van der Waals surface area (Å²) in [5.74, 6) is 1.60. The Morgan fingerprint density at radius 1 is 1.41 bits per heavy atom. The molecule has 0 saturated heterocycles. The normalized spacial score (nSPS) is 22.6. The van der Waals surface area contributed by atoms with Crippen LogP contribution in [0, 0.1) is 0 Å². The lowest BCUT2D eigenvalue weighted by molar-refractivity contribution is 0.590. The molecule has 2 aliphatic rings. The van der Waals surface area contributed by atoms with Crippen molar-refractivity contribution in [2.24, 2.45) is 4.99 Å². The molecule has 0 aromatic heterocycles. The standard InChI is InChI=1S/C14H19N3/c1-10-3-2-4-11-5-6-12(9-13(10)11)17-14-15-7-8-16-14/h5-6,9-10H,2-4,7-8H2,1H3,(H2,15,16,17). The van der Waals surface area contributed by atoms with E-state index in [1.807, 2.05) is 0 Å². The maximum Gasteiger partial charge on any atom is 0.195 e. The highest BCUT2D eigenvalue weighted by atomic mass is 15.2. The summed E-state index contributed by atoms with van der Waals surface area (Å²) in [6.45, 7) is 4.15. The summed E-state index contributed by atoms with van der Waals surface area (Å²) >= 11 is 0. The van der Waals surface area contributed by atoms with E-state index < -0.39 is 0 Å². The Morgan fingerprint density at radius 3 is 3.18 bits per heavy atom. The number of aliphatic imine (C=N–C) groups is 1. The molecule has 0 bridgehead atoms. The Bertz CT molecular complexity index is 451. The van der Waals surface area contributed by atoms with Crippen molar-refractivity contribution in [2.75, 3.05) is 18.4 Å². The van der Waals surface area contributed by atoms with Gasteiger partial charge >= 0.3 is 0 Å². The Kier molecular flexibility index (Phi) is 2.75. The first kappa shape index (κ1) is 10.6. The fourth-order valence-corrected chi connectivity index (χ4v) is 2.73. The minimum Gasteiger partial charge on any atom is -0.354 e. The molecular weight excluding hydrogens is 210 g/mol. The summed E-state index contributed by atoms with van der Waals surface area (Å²) in [4.78, 5) is 4.36. The van der Waals surface area contributed by atoms with Gasteiger partial charge in [0, 0.05) is 12.2 Å². The third kappa shape index (κ3) is 2.14. The van der Waals surface area contributed by atoms with Gasteiger partial charge in [-0.05, 0) is 48.4 Å². The third-order valence-corrected chi connectivity index (χ3v) is 3.70. The highest BCUT2D eigenvalue weighted by Crippen LogP contribution is 2.32. The maximum atomic E-state index is 4.36. The zero-order valence-corrected chi connectivity index (χ0v) is 10.3. The Hall–Kier alpha value is -1.51. The van der Waals surface area contributed by atoms with Gasteiger partial charge < -0.3 is 10.6 Å². The van der Waals surface area contributed by atoms with Gasteiger partial charge in [-0.25, -0.2) is 0 Å². The van der Waals surface area contributed by atoms with Crippen molar-refractivity contribution in [1.29, 1.82) is 0 Å². The molecule has 3 heteroatoms. The summed E-state index contributed by atoms with van der Waals surface area (Å²) in [6.07, 6.45) is 3.88. The van der Waals surface area contributed by atoms with Crippen LogP contribution >= 0.6 is 0 Å². The van der Waals surface area contributed by atoms with Crippen LogP contribution in [0.3, 0.4) is 0 Å². The quantitative estimate of drug-likeness (QED) is 0.776. The summed E-state index contributed by atoms with van der Waals surface area (Å²) in [6, 6.07) is 6.73. The van der Waals surface area contributed by atoms with Crippen molar-refractivity contribution in [3.63, 3.8) is 0 Å². The van der Waals surface area contributed by atoms with Crippen LogP contribution in [0.15, 0.2) is 23.2 Å². The molecule has 3 nitrogen and oxygen atoms in total. The number of benzene rings is 1. The number of anilines is 1. The van der Waals surface area contributed by atoms with E-state index in [0.29, 0.717) is 5.92 Å². The lowest BCUT2D eigenvalue weighted by Crippen LogP contribution is -2.26. The molecule has 90 valence electrons. The summed E-state index contributed by atoms with van der Waals surface area (Å²) < 4.78 is 0. The monoisotopic (exact) mass is 229 g/mol. The lowest BCUT2D eigenvalue weighted by Gasteiger charge is -2.23. The number of nitrogens with zero attached hydrogens (tertiary/aromatic N) is 1. The van der Waals surface area contributed by atoms with E-state index in [1.54, 1.807) is 0 Å². The first-order valence-corrected chi connectivity index (χ1v) is 6.51. The average molecular weight is 229 g/mol. The van der Waals surface area contributed by atoms with Crippen LogP contribution in [0.1, 0.15) is 36.8 Å². The average Bonchev–Trinajstić information content (AvgIpc) is 2.83. The van der Waals surface area contributed by atoms with Crippen LogP contribution in [-0.2, 0) is 6.42 Å². The molecule has 1 aliphatic carbocycles. The van der Waals surface area contributed by atoms with E-state index >= 15 is 0 Å². The van der Waals surface area contributed by atoms with Crippen molar-refractivity contribution in [3.05, 3.63) is 29.3 Å². The number of nitrogens with one attached hydrogen (secondary N) is 2. The molecule has 2 N–H and O–H groups in total. The highest BCUT2D eigenvalue weighted by molar-refractivity contribution is 5.94. The van der Waals surface area contributed by atoms with Crippen LogP contribution in [0.25, 0.3) is 0 Å². The Morgan fingerprint density at radius 2 is 2.35 bits per heavy atom. The van der Waals surface area contributed by atoms with Crippen LogP contribution in [0.2, 0.25) is 0 Å². The predicted molar refractivity (Wildman–Crippen MR) is 71.7 cm³/mol. The summed E-state index contributed by atoms with van der Waals surface area (Å²) in [5, 5.41) is 6.59. The fraction of sp³-hybridized carbons (Fsp3) is 0.500. The van der Waals surface area contributed by atoms with Gasteiger partial charge in [0.25, 0.3) is 0 Å². The molecule has 0 spiro atoms. The molecule has 3 rings (SSSR count). The van der Waals surface area contributed by atoms with Crippen LogP contribution < -0.4 is 10.6 Å². The SMILES string of the molecule is CC1CCCc2ccc(NC3=NCCN3)cc21. The highest BCUT2D eigenvalue weighted by Gasteiger charge is 2.16. The number of fused-ring (bicyclic) bond motifs is 1.